The molecule has 35 heavy (non-hydrogen) atoms. The van der Waals surface area contributed by atoms with E-state index in [4.69, 9.17) is 9.72 Å². The lowest BCUT2D eigenvalue weighted by molar-refractivity contribution is -0.121. The molecule has 0 fully saturated rings. The van der Waals surface area contributed by atoms with Gasteiger partial charge in [0.25, 0.3) is 0 Å². The molecule has 1 amide bonds. The SMILES string of the molecule is Cc1ccc(OCCCCn2c(CCNC(=O)CCc3ccccc3)nc3ccccc32)cc1C. The van der Waals surface area contributed by atoms with Gasteiger partial charge in [-0.1, -0.05) is 48.5 Å². The first-order valence-corrected chi connectivity index (χ1v) is 12.5. The number of carbonyl (C=O) groups excluding carboxylic acids is 1. The molecule has 5 heteroatoms. The van der Waals surface area contributed by atoms with Crippen LogP contribution in [0.2, 0.25) is 0 Å². The summed E-state index contributed by atoms with van der Waals surface area (Å²) in [6.07, 6.45) is 3.94. The summed E-state index contributed by atoms with van der Waals surface area (Å²) < 4.78 is 8.25. The van der Waals surface area contributed by atoms with E-state index in [1.54, 1.807) is 0 Å². The van der Waals surface area contributed by atoms with E-state index in [0.717, 1.165) is 48.4 Å². The molecule has 1 aromatic heterocycles. The zero-order valence-electron chi connectivity index (χ0n) is 20.8. The Morgan fingerprint density at radius 2 is 1.71 bits per heavy atom. The van der Waals surface area contributed by atoms with Crippen LogP contribution >= 0.6 is 0 Å². The van der Waals surface area contributed by atoms with E-state index in [9.17, 15) is 4.79 Å². The van der Waals surface area contributed by atoms with Crippen molar-refractivity contribution < 1.29 is 9.53 Å². The first-order chi connectivity index (χ1) is 17.1. The van der Waals surface area contributed by atoms with Crippen molar-refractivity contribution in [1.29, 1.82) is 0 Å². The van der Waals surface area contributed by atoms with Gasteiger partial charge in [0.15, 0.2) is 0 Å². The standard InChI is InChI=1S/C30H35N3O2/c1-23-14-16-26(22-24(23)2)35-21-9-8-20-33-28-13-7-6-12-27(28)32-29(33)18-19-31-30(34)17-15-25-10-4-3-5-11-25/h3-7,10-14,16,22H,8-9,15,17-21H2,1-2H3,(H,31,34). The molecule has 1 N–H and O–H groups in total. The van der Waals surface area contributed by atoms with Crippen LogP contribution < -0.4 is 10.1 Å². The van der Waals surface area contributed by atoms with E-state index in [1.165, 1.54) is 16.7 Å². The number of benzene rings is 3. The fourth-order valence-electron chi connectivity index (χ4n) is 4.24. The summed E-state index contributed by atoms with van der Waals surface area (Å²) in [5, 5.41) is 3.06. The summed E-state index contributed by atoms with van der Waals surface area (Å²) in [6, 6.07) is 24.6. The van der Waals surface area contributed by atoms with Gasteiger partial charge in [-0.3, -0.25) is 4.79 Å². The third-order valence-corrected chi connectivity index (χ3v) is 6.41. The lowest BCUT2D eigenvalue weighted by atomic mass is 10.1. The number of aromatic nitrogens is 2. The number of aryl methyl sites for hydroxylation is 4. The van der Waals surface area contributed by atoms with Crippen molar-refractivity contribution in [3.63, 3.8) is 0 Å². The third-order valence-electron chi connectivity index (χ3n) is 6.41. The molecule has 0 saturated heterocycles. The average Bonchev–Trinajstić information content (AvgIpc) is 3.22. The second-order valence-corrected chi connectivity index (χ2v) is 9.06. The highest BCUT2D eigenvalue weighted by atomic mass is 16.5. The van der Waals surface area contributed by atoms with Gasteiger partial charge in [-0.15, -0.1) is 0 Å². The minimum atomic E-state index is 0.0833. The van der Waals surface area contributed by atoms with Gasteiger partial charge in [-0.05, 0) is 74.1 Å². The molecule has 0 bridgehead atoms. The Bertz CT molecular complexity index is 1250. The number of imidazole rings is 1. The van der Waals surface area contributed by atoms with E-state index in [-0.39, 0.29) is 5.91 Å². The van der Waals surface area contributed by atoms with Crippen molar-refractivity contribution in [2.75, 3.05) is 13.2 Å². The summed E-state index contributed by atoms with van der Waals surface area (Å²) in [4.78, 5) is 17.2. The second kappa shape index (κ2) is 12.2. The summed E-state index contributed by atoms with van der Waals surface area (Å²) >= 11 is 0. The maximum Gasteiger partial charge on any atom is 0.220 e. The molecular weight excluding hydrogens is 434 g/mol. The Kier molecular flexibility index (Phi) is 8.55. The summed E-state index contributed by atoms with van der Waals surface area (Å²) in [5.41, 5.74) is 5.87. The topological polar surface area (TPSA) is 56.1 Å². The van der Waals surface area contributed by atoms with Crippen molar-refractivity contribution in [3.8, 4) is 5.75 Å². The van der Waals surface area contributed by atoms with E-state index >= 15 is 0 Å². The van der Waals surface area contributed by atoms with Gasteiger partial charge >= 0.3 is 0 Å². The number of ether oxygens (including phenoxy) is 1. The number of carbonyl (C=O) groups is 1. The maximum absolute atomic E-state index is 12.3. The molecule has 0 saturated carbocycles. The summed E-state index contributed by atoms with van der Waals surface area (Å²) in [5.74, 6) is 2.04. The number of hydrogen-bond acceptors (Lipinski definition) is 3. The largest absolute Gasteiger partial charge is 0.494 e. The van der Waals surface area contributed by atoms with Gasteiger partial charge in [0.05, 0.1) is 17.6 Å². The number of rotatable bonds is 12. The predicted molar refractivity (Wildman–Crippen MR) is 142 cm³/mol. The minimum Gasteiger partial charge on any atom is -0.494 e. The predicted octanol–water partition coefficient (Wildman–Crippen LogP) is 5.80. The smallest absolute Gasteiger partial charge is 0.220 e. The highest BCUT2D eigenvalue weighted by Gasteiger charge is 2.11. The van der Waals surface area contributed by atoms with Gasteiger partial charge in [-0.25, -0.2) is 4.98 Å². The molecule has 4 aromatic rings. The Balaban J connectivity index is 1.27. The van der Waals surface area contributed by atoms with Gasteiger partial charge < -0.3 is 14.6 Å². The van der Waals surface area contributed by atoms with Gasteiger partial charge in [0, 0.05) is 25.9 Å². The number of amides is 1. The highest BCUT2D eigenvalue weighted by Crippen LogP contribution is 2.19. The zero-order chi connectivity index (χ0) is 24.5. The number of fused-ring (bicyclic) bond motifs is 1. The molecule has 0 aliphatic heterocycles. The van der Waals surface area contributed by atoms with Crippen molar-refractivity contribution in [2.45, 2.75) is 52.5 Å². The van der Waals surface area contributed by atoms with Crippen molar-refractivity contribution in [3.05, 3.63) is 95.3 Å². The second-order valence-electron chi connectivity index (χ2n) is 9.06. The van der Waals surface area contributed by atoms with E-state index < -0.39 is 0 Å². The maximum atomic E-state index is 12.3. The fourth-order valence-corrected chi connectivity index (χ4v) is 4.24. The van der Waals surface area contributed by atoms with E-state index in [1.807, 2.05) is 30.3 Å². The van der Waals surface area contributed by atoms with Crippen LogP contribution in [-0.4, -0.2) is 28.6 Å². The molecule has 182 valence electrons. The molecular formula is C30H35N3O2. The first kappa shape index (κ1) is 24.5. The minimum absolute atomic E-state index is 0.0833. The number of nitrogens with zero attached hydrogens (tertiary/aromatic N) is 2. The van der Waals surface area contributed by atoms with Gasteiger partial charge in [-0.2, -0.15) is 0 Å². The normalized spacial score (nSPS) is 11.0. The third kappa shape index (κ3) is 6.95. The van der Waals surface area contributed by atoms with E-state index in [2.05, 4.69) is 66.2 Å². The number of nitrogens with one attached hydrogen (secondary N) is 1. The highest BCUT2D eigenvalue weighted by molar-refractivity contribution is 5.77. The molecule has 4 rings (SSSR count). The first-order valence-electron chi connectivity index (χ1n) is 12.5. The Morgan fingerprint density at radius 3 is 2.54 bits per heavy atom. The van der Waals surface area contributed by atoms with Crippen LogP contribution in [0, 0.1) is 13.8 Å². The van der Waals surface area contributed by atoms with Crippen molar-refractivity contribution >= 4 is 16.9 Å². The van der Waals surface area contributed by atoms with Crippen LogP contribution in [0.1, 0.15) is 41.8 Å². The molecule has 0 atom stereocenters. The van der Waals surface area contributed by atoms with E-state index in [0.29, 0.717) is 26.0 Å². The van der Waals surface area contributed by atoms with Crippen LogP contribution in [0.5, 0.6) is 5.75 Å². The molecule has 0 spiro atoms. The molecule has 0 radical (unpaired) electrons. The number of hydrogen-bond donors (Lipinski definition) is 1. The number of unbranched alkanes of at least 4 members (excludes halogenated alkanes) is 1. The Hall–Kier alpha value is -3.60. The van der Waals surface area contributed by atoms with Crippen LogP contribution in [0.3, 0.4) is 0 Å². The van der Waals surface area contributed by atoms with Crippen LogP contribution in [0.4, 0.5) is 0 Å². The molecule has 3 aromatic carbocycles. The van der Waals surface area contributed by atoms with Gasteiger partial charge in [0.2, 0.25) is 5.91 Å². The lowest BCUT2D eigenvalue weighted by Gasteiger charge is -2.11. The quantitative estimate of drug-likeness (QED) is 0.267. The van der Waals surface area contributed by atoms with Crippen LogP contribution in [0.25, 0.3) is 11.0 Å². The summed E-state index contributed by atoms with van der Waals surface area (Å²) in [6.45, 7) is 6.39. The van der Waals surface area contributed by atoms with Crippen molar-refractivity contribution in [2.24, 2.45) is 0 Å². The Labute approximate surface area is 208 Å². The molecule has 5 nitrogen and oxygen atoms in total. The number of para-hydroxylation sites is 2. The van der Waals surface area contributed by atoms with Crippen molar-refractivity contribution in [1.82, 2.24) is 14.9 Å². The molecule has 0 aliphatic carbocycles. The molecule has 1 heterocycles. The van der Waals surface area contributed by atoms with Crippen LogP contribution in [-0.2, 0) is 24.2 Å². The summed E-state index contributed by atoms with van der Waals surface area (Å²) in [7, 11) is 0. The average molecular weight is 470 g/mol. The van der Waals surface area contributed by atoms with Gasteiger partial charge in [0.1, 0.15) is 11.6 Å². The monoisotopic (exact) mass is 469 g/mol. The lowest BCUT2D eigenvalue weighted by Crippen LogP contribution is -2.26. The molecule has 0 unspecified atom stereocenters. The Morgan fingerprint density at radius 1 is 0.914 bits per heavy atom. The van der Waals surface area contributed by atoms with Crippen LogP contribution in [0.15, 0.2) is 72.8 Å². The fraction of sp³-hybridized carbons (Fsp3) is 0.333. The zero-order valence-corrected chi connectivity index (χ0v) is 20.8. The molecule has 0 aliphatic rings.